The maximum absolute atomic E-state index is 14.2. The van der Waals surface area contributed by atoms with Crippen LogP contribution in [0.15, 0.2) is 71.6 Å². The second-order valence-electron chi connectivity index (χ2n) is 9.29. The fourth-order valence-electron chi connectivity index (χ4n) is 5.19. The largest absolute Gasteiger partial charge is 0.268 e. The summed E-state index contributed by atoms with van der Waals surface area (Å²) in [4.78, 5) is 5.35. The van der Waals surface area contributed by atoms with Crippen molar-refractivity contribution in [2.24, 2.45) is 0 Å². The Morgan fingerprint density at radius 1 is 0.800 bits per heavy atom. The predicted octanol–water partition coefficient (Wildman–Crippen LogP) is 7.14. The molecular formula is C30H30N2O2S. The van der Waals surface area contributed by atoms with Gasteiger partial charge in [-0.05, 0) is 62.9 Å². The molecule has 4 nitrogen and oxygen atoms in total. The van der Waals surface area contributed by atoms with Gasteiger partial charge in [0.1, 0.15) is 0 Å². The summed E-state index contributed by atoms with van der Waals surface area (Å²) in [7, 11) is -3.88. The molecular weight excluding hydrogens is 452 g/mol. The summed E-state index contributed by atoms with van der Waals surface area (Å²) in [5.41, 5.74) is 9.48. The van der Waals surface area contributed by atoms with Crippen LogP contribution in [0, 0.1) is 20.8 Å². The second kappa shape index (κ2) is 8.65. The van der Waals surface area contributed by atoms with E-state index in [0.29, 0.717) is 11.0 Å². The van der Waals surface area contributed by atoms with Crippen molar-refractivity contribution in [2.75, 3.05) is 0 Å². The van der Waals surface area contributed by atoms with Crippen LogP contribution in [0.2, 0.25) is 0 Å². The third-order valence-corrected chi connectivity index (χ3v) is 8.42. The molecule has 0 atom stereocenters. The Morgan fingerprint density at radius 3 is 2.09 bits per heavy atom. The molecule has 0 saturated carbocycles. The van der Waals surface area contributed by atoms with E-state index in [2.05, 4.69) is 45.9 Å². The Balaban J connectivity index is 2.04. The number of fused-ring (bicyclic) bond motifs is 3. The molecule has 0 saturated heterocycles. The molecule has 35 heavy (non-hydrogen) atoms. The van der Waals surface area contributed by atoms with E-state index in [1.54, 1.807) is 12.1 Å². The summed E-state index contributed by atoms with van der Waals surface area (Å²) in [6.07, 6.45) is 1.54. The van der Waals surface area contributed by atoms with Gasteiger partial charge in [-0.25, -0.2) is 12.4 Å². The van der Waals surface area contributed by atoms with Gasteiger partial charge in [0.2, 0.25) is 0 Å². The predicted molar refractivity (Wildman–Crippen MR) is 145 cm³/mol. The summed E-state index contributed by atoms with van der Waals surface area (Å²) in [5.74, 6) is 0. The number of rotatable bonds is 5. The third kappa shape index (κ3) is 3.75. The van der Waals surface area contributed by atoms with E-state index >= 15 is 0 Å². The van der Waals surface area contributed by atoms with E-state index in [1.165, 1.54) is 3.97 Å². The molecule has 3 aromatic carbocycles. The zero-order valence-corrected chi connectivity index (χ0v) is 21.7. The number of aryl methyl sites for hydroxylation is 4. The lowest BCUT2D eigenvalue weighted by Crippen LogP contribution is -2.14. The van der Waals surface area contributed by atoms with E-state index < -0.39 is 10.0 Å². The van der Waals surface area contributed by atoms with Crippen molar-refractivity contribution in [1.29, 1.82) is 0 Å². The molecule has 0 fully saturated rings. The first-order valence-corrected chi connectivity index (χ1v) is 13.6. The number of benzene rings is 3. The van der Waals surface area contributed by atoms with Crippen LogP contribution in [0.4, 0.5) is 0 Å². The van der Waals surface area contributed by atoms with Crippen LogP contribution in [-0.4, -0.2) is 17.4 Å². The molecule has 0 spiro atoms. The van der Waals surface area contributed by atoms with Crippen molar-refractivity contribution < 1.29 is 8.42 Å². The van der Waals surface area contributed by atoms with E-state index in [4.69, 9.17) is 4.98 Å². The highest BCUT2D eigenvalue weighted by molar-refractivity contribution is 7.90. The topological polar surface area (TPSA) is 52.0 Å². The number of aromatic nitrogens is 2. The van der Waals surface area contributed by atoms with Gasteiger partial charge in [0.15, 0.2) is 0 Å². The fraction of sp³-hybridized carbons (Fsp3) is 0.233. The number of para-hydroxylation sites is 1. The first-order chi connectivity index (χ1) is 16.8. The molecule has 2 heterocycles. The molecule has 0 aliphatic carbocycles. The van der Waals surface area contributed by atoms with Gasteiger partial charge >= 0.3 is 0 Å². The van der Waals surface area contributed by atoms with Crippen molar-refractivity contribution >= 4 is 32.0 Å². The van der Waals surface area contributed by atoms with Gasteiger partial charge in [-0.2, -0.15) is 0 Å². The van der Waals surface area contributed by atoms with Crippen molar-refractivity contribution in [3.63, 3.8) is 0 Å². The smallest absolute Gasteiger partial charge is 0.250 e. The molecule has 178 valence electrons. The molecule has 0 unspecified atom stereocenters. The van der Waals surface area contributed by atoms with Gasteiger partial charge in [-0.1, -0.05) is 79.1 Å². The standard InChI is InChI=1S/C30H30N2O2S/c1-6-24-26(7-2)31-29-25-10-8-9-11-27(25)32(35(33,34)23-14-12-19(3)13-15-23)30(29)28(24)22-17-20(4)16-21(5)18-22/h8-18H,6-7H2,1-5H3. The zero-order chi connectivity index (χ0) is 24.9. The normalized spacial score (nSPS) is 12.0. The maximum atomic E-state index is 14.2. The monoisotopic (exact) mass is 482 g/mol. The molecule has 0 bridgehead atoms. The average Bonchev–Trinajstić information content (AvgIpc) is 3.17. The van der Waals surface area contributed by atoms with Gasteiger partial charge in [0.25, 0.3) is 10.0 Å². The molecule has 0 amide bonds. The second-order valence-corrected chi connectivity index (χ2v) is 11.1. The first kappa shape index (κ1) is 23.3. The summed E-state index contributed by atoms with van der Waals surface area (Å²) >= 11 is 0. The molecule has 5 rings (SSSR count). The Hall–Kier alpha value is -3.44. The fourth-order valence-corrected chi connectivity index (χ4v) is 6.71. The minimum atomic E-state index is -3.88. The third-order valence-electron chi connectivity index (χ3n) is 6.70. The lowest BCUT2D eigenvalue weighted by atomic mass is 9.92. The van der Waals surface area contributed by atoms with Gasteiger partial charge in [-0.3, -0.25) is 4.98 Å². The summed E-state index contributed by atoms with van der Waals surface area (Å²) in [5, 5.41) is 0.848. The lowest BCUT2D eigenvalue weighted by molar-refractivity contribution is 0.590. The average molecular weight is 483 g/mol. The quantitative estimate of drug-likeness (QED) is 0.267. The number of hydrogen-bond donors (Lipinski definition) is 0. The molecule has 0 radical (unpaired) electrons. The number of pyridine rings is 1. The number of hydrogen-bond acceptors (Lipinski definition) is 3. The highest BCUT2D eigenvalue weighted by atomic mass is 32.2. The van der Waals surface area contributed by atoms with Gasteiger partial charge in [-0.15, -0.1) is 0 Å². The highest BCUT2D eigenvalue weighted by Crippen LogP contribution is 2.41. The van der Waals surface area contributed by atoms with Crippen LogP contribution in [0.3, 0.4) is 0 Å². The van der Waals surface area contributed by atoms with Gasteiger partial charge < -0.3 is 0 Å². The first-order valence-electron chi connectivity index (χ1n) is 12.1. The van der Waals surface area contributed by atoms with Gasteiger partial charge in [0, 0.05) is 16.6 Å². The van der Waals surface area contributed by atoms with Crippen LogP contribution in [0.1, 0.15) is 41.8 Å². The summed E-state index contributed by atoms with van der Waals surface area (Å²) in [6, 6.07) is 21.2. The zero-order valence-electron chi connectivity index (χ0n) is 20.9. The van der Waals surface area contributed by atoms with E-state index in [1.807, 2.05) is 43.3 Å². The van der Waals surface area contributed by atoms with Crippen molar-refractivity contribution in [3.8, 4) is 11.1 Å². The molecule has 5 aromatic rings. The number of nitrogens with zero attached hydrogens (tertiary/aromatic N) is 2. The van der Waals surface area contributed by atoms with Crippen LogP contribution in [0.5, 0.6) is 0 Å². The Bertz CT molecular complexity index is 1670. The van der Waals surface area contributed by atoms with E-state index in [0.717, 1.165) is 62.8 Å². The summed E-state index contributed by atoms with van der Waals surface area (Å²) < 4.78 is 30.0. The Labute approximate surface area is 207 Å². The molecule has 2 aromatic heterocycles. The Kier molecular flexibility index (Phi) is 5.76. The highest BCUT2D eigenvalue weighted by Gasteiger charge is 2.28. The van der Waals surface area contributed by atoms with Crippen LogP contribution >= 0.6 is 0 Å². The lowest BCUT2D eigenvalue weighted by Gasteiger charge is -2.18. The van der Waals surface area contributed by atoms with E-state index in [-0.39, 0.29) is 4.90 Å². The van der Waals surface area contributed by atoms with Crippen molar-refractivity contribution in [3.05, 3.63) is 94.7 Å². The maximum Gasteiger partial charge on any atom is 0.268 e. The Morgan fingerprint density at radius 2 is 1.46 bits per heavy atom. The molecule has 0 N–H and O–H groups in total. The molecule has 5 heteroatoms. The SMILES string of the molecule is CCc1nc2c3ccccc3n(S(=O)(=O)c3ccc(C)cc3)c2c(-c2cc(C)cc(C)c2)c1CC. The van der Waals surface area contributed by atoms with Gasteiger partial charge in [0.05, 0.1) is 21.4 Å². The minimum Gasteiger partial charge on any atom is -0.250 e. The molecule has 0 aliphatic heterocycles. The summed E-state index contributed by atoms with van der Waals surface area (Å²) in [6.45, 7) is 10.4. The molecule has 0 aliphatic rings. The van der Waals surface area contributed by atoms with Crippen molar-refractivity contribution in [2.45, 2.75) is 52.4 Å². The minimum absolute atomic E-state index is 0.273. The van der Waals surface area contributed by atoms with E-state index in [9.17, 15) is 8.42 Å². The van der Waals surface area contributed by atoms with Crippen LogP contribution in [-0.2, 0) is 22.9 Å². The van der Waals surface area contributed by atoms with Crippen molar-refractivity contribution in [1.82, 2.24) is 8.96 Å². The van der Waals surface area contributed by atoms with Crippen LogP contribution < -0.4 is 0 Å². The van der Waals surface area contributed by atoms with Crippen LogP contribution in [0.25, 0.3) is 33.1 Å².